The lowest BCUT2D eigenvalue weighted by Gasteiger charge is -2.03. The first-order valence-corrected chi connectivity index (χ1v) is 7.27. The van der Waals surface area contributed by atoms with Crippen LogP contribution in [0.5, 0.6) is 5.75 Å². The van der Waals surface area contributed by atoms with E-state index in [2.05, 4.69) is 0 Å². The number of halogens is 1. The molecule has 0 N–H and O–H groups in total. The van der Waals surface area contributed by atoms with Crippen molar-refractivity contribution in [1.82, 2.24) is 0 Å². The van der Waals surface area contributed by atoms with Crippen molar-refractivity contribution in [2.75, 3.05) is 0 Å². The molecule has 4 heteroatoms. The topological polar surface area (TPSA) is 39.4 Å². The van der Waals surface area contributed by atoms with E-state index in [0.717, 1.165) is 12.8 Å². The highest BCUT2D eigenvalue weighted by molar-refractivity contribution is 6.30. The number of ketones is 1. The molecule has 0 unspecified atom stereocenters. The van der Waals surface area contributed by atoms with Gasteiger partial charge >= 0.3 is 0 Å². The van der Waals surface area contributed by atoms with Crippen LogP contribution in [0.4, 0.5) is 0 Å². The largest absolute Gasteiger partial charge is 0.486 e. The van der Waals surface area contributed by atoms with Crippen LogP contribution in [0.1, 0.15) is 24.4 Å². The van der Waals surface area contributed by atoms with Gasteiger partial charge in [0.05, 0.1) is 0 Å². The summed E-state index contributed by atoms with van der Waals surface area (Å²) in [5.74, 6) is 2.48. The summed E-state index contributed by atoms with van der Waals surface area (Å²) in [6.07, 6.45) is 5.34. The number of carbonyl (C=O) groups excluding carboxylic acids is 1. The molecule has 0 amide bonds. The highest BCUT2D eigenvalue weighted by atomic mass is 35.5. The van der Waals surface area contributed by atoms with Crippen LogP contribution < -0.4 is 4.74 Å². The minimum absolute atomic E-state index is 0.183. The van der Waals surface area contributed by atoms with Gasteiger partial charge in [-0.2, -0.15) is 0 Å². The third-order valence-electron chi connectivity index (χ3n) is 3.25. The Morgan fingerprint density at radius 3 is 2.95 bits per heavy atom. The van der Waals surface area contributed by atoms with Gasteiger partial charge in [0.15, 0.2) is 5.78 Å². The molecule has 1 aromatic heterocycles. The van der Waals surface area contributed by atoms with E-state index in [9.17, 15) is 4.79 Å². The predicted octanol–water partition coefficient (Wildman–Crippen LogP) is 4.50. The summed E-state index contributed by atoms with van der Waals surface area (Å²) in [6, 6.07) is 10.9. The molecule has 21 heavy (non-hydrogen) atoms. The molecule has 1 heterocycles. The van der Waals surface area contributed by atoms with Crippen molar-refractivity contribution in [2.24, 2.45) is 5.92 Å². The SMILES string of the molecule is O=C(/C=C/c1ccc(COc2cccc(Cl)c2)o1)C1CC1. The first kappa shape index (κ1) is 14.0. The molecule has 0 bridgehead atoms. The average Bonchev–Trinajstić information content (AvgIpc) is 3.23. The molecule has 1 saturated carbocycles. The van der Waals surface area contributed by atoms with Crippen LogP contribution in [0.25, 0.3) is 6.08 Å². The molecule has 0 aliphatic heterocycles. The van der Waals surface area contributed by atoms with Gasteiger partial charge in [0, 0.05) is 10.9 Å². The summed E-state index contributed by atoms with van der Waals surface area (Å²) >= 11 is 5.89. The Kier molecular flexibility index (Phi) is 4.11. The predicted molar refractivity (Wildman–Crippen MR) is 81.3 cm³/mol. The Hall–Kier alpha value is -2.00. The van der Waals surface area contributed by atoms with Gasteiger partial charge in [-0.15, -0.1) is 0 Å². The standard InChI is InChI=1S/C17H15ClO3/c18-13-2-1-3-15(10-13)20-11-16-7-6-14(21-16)8-9-17(19)12-4-5-12/h1-3,6-10,12H,4-5,11H2/b9-8+. The van der Waals surface area contributed by atoms with Crippen molar-refractivity contribution in [1.29, 1.82) is 0 Å². The van der Waals surface area contributed by atoms with Crippen LogP contribution in [0.2, 0.25) is 5.02 Å². The second-order valence-corrected chi connectivity index (χ2v) is 5.50. The smallest absolute Gasteiger partial charge is 0.158 e. The van der Waals surface area contributed by atoms with Crippen LogP contribution >= 0.6 is 11.6 Å². The number of hydrogen-bond acceptors (Lipinski definition) is 3. The van der Waals surface area contributed by atoms with Crippen LogP contribution in [0.15, 0.2) is 46.9 Å². The highest BCUT2D eigenvalue weighted by Crippen LogP contribution is 2.30. The average molecular weight is 303 g/mol. The van der Waals surface area contributed by atoms with E-state index in [1.54, 1.807) is 24.3 Å². The van der Waals surface area contributed by atoms with Gasteiger partial charge in [-0.1, -0.05) is 17.7 Å². The molecule has 3 rings (SSSR count). The van der Waals surface area contributed by atoms with E-state index < -0.39 is 0 Å². The Balaban J connectivity index is 1.56. The molecule has 108 valence electrons. The van der Waals surface area contributed by atoms with E-state index in [1.165, 1.54) is 0 Å². The normalized spacial score (nSPS) is 14.5. The summed E-state index contributed by atoms with van der Waals surface area (Å²) < 4.78 is 11.2. The zero-order valence-electron chi connectivity index (χ0n) is 11.4. The second-order valence-electron chi connectivity index (χ2n) is 5.06. The van der Waals surface area contributed by atoms with Crippen LogP contribution in [0, 0.1) is 5.92 Å². The van der Waals surface area contributed by atoms with Crippen molar-refractivity contribution >= 4 is 23.5 Å². The Bertz CT molecular complexity index is 668. The fourth-order valence-electron chi connectivity index (χ4n) is 1.94. The Labute approximate surface area is 128 Å². The zero-order valence-corrected chi connectivity index (χ0v) is 12.2. The lowest BCUT2D eigenvalue weighted by molar-refractivity contribution is -0.115. The maximum absolute atomic E-state index is 11.6. The molecule has 0 spiro atoms. The number of rotatable bonds is 6. The summed E-state index contributed by atoms with van der Waals surface area (Å²) in [4.78, 5) is 11.6. The highest BCUT2D eigenvalue weighted by Gasteiger charge is 2.27. The van der Waals surface area contributed by atoms with Gasteiger partial charge in [-0.25, -0.2) is 0 Å². The van der Waals surface area contributed by atoms with Crippen molar-refractivity contribution in [3.05, 3.63) is 59.0 Å². The summed E-state index contributed by atoms with van der Waals surface area (Å²) in [6.45, 7) is 0.324. The van der Waals surface area contributed by atoms with Gasteiger partial charge in [0.2, 0.25) is 0 Å². The van der Waals surface area contributed by atoms with Crippen molar-refractivity contribution in [2.45, 2.75) is 19.4 Å². The Morgan fingerprint density at radius 2 is 2.19 bits per heavy atom. The van der Waals surface area contributed by atoms with Gasteiger partial charge in [-0.05, 0) is 55.3 Å². The van der Waals surface area contributed by atoms with E-state index in [0.29, 0.717) is 28.9 Å². The molecule has 0 radical (unpaired) electrons. The number of hydrogen-bond donors (Lipinski definition) is 0. The number of ether oxygens (including phenoxy) is 1. The summed E-state index contributed by atoms with van der Waals surface area (Å²) in [5, 5.41) is 0.633. The van der Waals surface area contributed by atoms with E-state index in [1.807, 2.05) is 24.3 Å². The quantitative estimate of drug-likeness (QED) is 0.737. The molecule has 1 fully saturated rings. The third kappa shape index (κ3) is 3.99. The molecule has 1 aliphatic rings. The number of furan rings is 1. The number of benzene rings is 1. The van der Waals surface area contributed by atoms with Crippen molar-refractivity contribution < 1.29 is 13.9 Å². The zero-order chi connectivity index (χ0) is 14.7. The molecular formula is C17H15ClO3. The van der Waals surface area contributed by atoms with Crippen LogP contribution in [-0.2, 0) is 11.4 Å². The van der Waals surface area contributed by atoms with Crippen LogP contribution in [-0.4, -0.2) is 5.78 Å². The Morgan fingerprint density at radius 1 is 1.33 bits per heavy atom. The van der Waals surface area contributed by atoms with Crippen LogP contribution in [0.3, 0.4) is 0 Å². The van der Waals surface area contributed by atoms with E-state index >= 15 is 0 Å². The first-order chi connectivity index (χ1) is 10.2. The van der Waals surface area contributed by atoms with Gasteiger partial charge in [-0.3, -0.25) is 4.79 Å². The van der Waals surface area contributed by atoms with E-state index in [-0.39, 0.29) is 11.7 Å². The van der Waals surface area contributed by atoms with Gasteiger partial charge in [0.1, 0.15) is 23.9 Å². The number of carbonyl (C=O) groups is 1. The monoisotopic (exact) mass is 302 g/mol. The lowest BCUT2D eigenvalue weighted by Crippen LogP contribution is -1.93. The van der Waals surface area contributed by atoms with Gasteiger partial charge in [0.25, 0.3) is 0 Å². The van der Waals surface area contributed by atoms with Gasteiger partial charge < -0.3 is 9.15 Å². The second kappa shape index (κ2) is 6.19. The van der Waals surface area contributed by atoms with E-state index in [4.69, 9.17) is 20.8 Å². The lowest BCUT2D eigenvalue weighted by atomic mass is 10.2. The fraction of sp³-hybridized carbons (Fsp3) is 0.235. The maximum Gasteiger partial charge on any atom is 0.158 e. The minimum Gasteiger partial charge on any atom is -0.486 e. The molecule has 1 aromatic carbocycles. The third-order valence-corrected chi connectivity index (χ3v) is 3.49. The fourth-order valence-corrected chi connectivity index (χ4v) is 2.12. The minimum atomic E-state index is 0.183. The molecule has 0 atom stereocenters. The molecule has 0 saturated heterocycles. The maximum atomic E-state index is 11.6. The molecular weight excluding hydrogens is 288 g/mol. The van der Waals surface area contributed by atoms with Crippen molar-refractivity contribution in [3.63, 3.8) is 0 Å². The van der Waals surface area contributed by atoms with Crippen molar-refractivity contribution in [3.8, 4) is 5.75 Å². The molecule has 1 aliphatic carbocycles. The number of allylic oxidation sites excluding steroid dienone is 1. The molecule has 3 nitrogen and oxygen atoms in total. The summed E-state index contributed by atoms with van der Waals surface area (Å²) in [7, 11) is 0. The first-order valence-electron chi connectivity index (χ1n) is 6.90. The summed E-state index contributed by atoms with van der Waals surface area (Å²) in [5.41, 5.74) is 0. The molecule has 2 aromatic rings.